The van der Waals surface area contributed by atoms with Gasteiger partial charge < -0.3 is 19.7 Å². The summed E-state index contributed by atoms with van der Waals surface area (Å²) in [6, 6.07) is 0.214. The van der Waals surface area contributed by atoms with Crippen LogP contribution in [0.15, 0.2) is 21.1 Å². The average Bonchev–Trinajstić information content (AvgIpc) is 3.05. The Balaban J connectivity index is 1.52. The van der Waals surface area contributed by atoms with Crippen molar-refractivity contribution < 1.29 is 19.2 Å². The van der Waals surface area contributed by atoms with Gasteiger partial charge in [-0.3, -0.25) is 4.79 Å². The fourth-order valence-electron chi connectivity index (χ4n) is 4.98. The second-order valence-corrected chi connectivity index (χ2v) is 9.90. The minimum Gasteiger partial charge on any atom is -0.472 e. The van der Waals surface area contributed by atoms with Crippen molar-refractivity contribution >= 4 is 17.7 Å². The highest BCUT2D eigenvalue weighted by atomic mass is 32.2. The standard InChI is InChI=1S/C20H28N2O4S/c1-10(2)27-18-17(26-22-20(18)25-5-4-23)19(24)21-16-13-7-11(3)6-12-8-15(16)14(12)9-13/h6,10-11,13-16,23H,4-5,7-9H2,1-3H3,(H,21,24). The zero-order valence-electron chi connectivity index (χ0n) is 16.1. The molecule has 0 spiro atoms. The molecule has 1 heterocycles. The summed E-state index contributed by atoms with van der Waals surface area (Å²) in [5.41, 5.74) is 1.60. The molecule has 1 aromatic heterocycles. The Morgan fingerprint density at radius 1 is 1.48 bits per heavy atom. The third-order valence-corrected chi connectivity index (χ3v) is 7.04. The van der Waals surface area contributed by atoms with Crippen molar-refractivity contribution in [2.75, 3.05) is 13.2 Å². The molecule has 0 saturated heterocycles. The molecule has 5 atom stereocenters. The van der Waals surface area contributed by atoms with E-state index in [9.17, 15) is 4.79 Å². The second-order valence-electron chi connectivity index (χ2n) is 8.31. The summed E-state index contributed by atoms with van der Waals surface area (Å²) >= 11 is 1.50. The molecule has 0 radical (unpaired) electrons. The van der Waals surface area contributed by atoms with Crippen LogP contribution in [0.5, 0.6) is 5.88 Å². The predicted molar refractivity (Wildman–Crippen MR) is 103 cm³/mol. The molecule has 6 nitrogen and oxygen atoms in total. The number of carbonyl (C=O) groups excluding carboxylic acids is 1. The van der Waals surface area contributed by atoms with Gasteiger partial charge in [0.25, 0.3) is 11.8 Å². The van der Waals surface area contributed by atoms with Gasteiger partial charge in [-0.05, 0) is 48.1 Å². The highest BCUT2D eigenvalue weighted by Gasteiger charge is 2.53. The average molecular weight is 393 g/mol. The van der Waals surface area contributed by atoms with Crippen LogP contribution in [0.2, 0.25) is 0 Å². The van der Waals surface area contributed by atoms with Gasteiger partial charge in [0.1, 0.15) is 11.5 Å². The number of aliphatic hydroxyl groups is 1. The maximum Gasteiger partial charge on any atom is 0.291 e. The number of amides is 1. The molecular weight excluding hydrogens is 364 g/mol. The number of fused-ring (bicyclic) bond motifs is 1. The Morgan fingerprint density at radius 2 is 2.30 bits per heavy atom. The lowest BCUT2D eigenvalue weighted by Crippen LogP contribution is -2.46. The Bertz CT molecular complexity index is 744. The molecule has 1 amide bonds. The zero-order valence-corrected chi connectivity index (χ0v) is 16.9. The van der Waals surface area contributed by atoms with Crippen molar-refractivity contribution in [3.63, 3.8) is 0 Å². The minimum atomic E-state index is -0.203. The van der Waals surface area contributed by atoms with E-state index >= 15 is 0 Å². The zero-order chi connectivity index (χ0) is 19.1. The van der Waals surface area contributed by atoms with Gasteiger partial charge in [-0.15, -0.1) is 11.8 Å². The Morgan fingerprint density at radius 3 is 3.04 bits per heavy atom. The number of ether oxygens (including phenoxy) is 1. The maximum atomic E-state index is 13.0. The molecule has 7 heteroatoms. The quantitative estimate of drug-likeness (QED) is 0.547. The summed E-state index contributed by atoms with van der Waals surface area (Å²) in [6.45, 7) is 6.38. The molecule has 27 heavy (non-hydrogen) atoms. The fourth-order valence-corrected chi connectivity index (χ4v) is 5.88. The lowest BCUT2D eigenvalue weighted by molar-refractivity contribution is 0.0857. The first-order valence-corrected chi connectivity index (χ1v) is 10.8. The van der Waals surface area contributed by atoms with Gasteiger partial charge in [0.05, 0.1) is 6.61 Å². The van der Waals surface area contributed by atoms with Gasteiger partial charge in [-0.25, -0.2) is 0 Å². The van der Waals surface area contributed by atoms with Crippen LogP contribution in [0.3, 0.4) is 0 Å². The van der Waals surface area contributed by atoms with E-state index in [1.165, 1.54) is 18.2 Å². The molecule has 2 N–H and O–H groups in total. The molecule has 2 fully saturated rings. The molecule has 2 saturated carbocycles. The Kier molecular flexibility index (Phi) is 5.25. The number of aliphatic hydroxyl groups excluding tert-OH is 1. The first-order valence-electron chi connectivity index (χ1n) is 9.89. The van der Waals surface area contributed by atoms with Crippen molar-refractivity contribution in [2.45, 2.75) is 56.2 Å². The van der Waals surface area contributed by atoms with E-state index in [0.717, 1.165) is 12.8 Å². The van der Waals surface area contributed by atoms with Gasteiger partial charge in [0.2, 0.25) is 5.76 Å². The number of aromatic nitrogens is 1. The number of carbonyl (C=O) groups is 1. The van der Waals surface area contributed by atoms with Gasteiger partial charge in [0.15, 0.2) is 0 Å². The predicted octanol–water partition coefficient (Wildman–Crippen LogP) is 3.27. The third kappa shape index (κ3) is 3.51. The number of hydrogen-bond donors (Lipinski definition) is 2. The second kappa shape index (κ2) is 7.51. The first kappa shape index (κ1) is 18.9. The van der Waals surface area contributed by atoms with E-state index in [1.54, 1.807) is 5.57 Å². The van der Waals surface area contributed by atoms with Crippen molar-refractivity contribution in [1.29, 1.82) is 0 Å². The van der Waals surface area contributed by atoms with Gasteiger partial charge >= 0.3 is 0 Å². The molecule has 5 unspecified atom stereocenters. The van der Waals surface area contributed by atoms with E-state index in [-0.39, 0.29) is 42.1 Å². The number of nitrogens with zero attached hydrogens (tertiary/aromatic N) is 1. The van der Waals surface area contributed by atoms with Crippen LogP contribution in [0.4, 0.5) is 0 Å². The molecule has 4 rings (SSSR count). The molecular formula is C20H28N2O4S. The first-order chi connectivity index (χ1) is 13.0. The Hall–Kier alpha value is -1.47. The van der Waals surface area contributed by atoms with Crippen LogP contribution >= 0.6 is 11.8 Å². The van der Waals surface area contributed by atoms with Gasteiger partial charge in [-0.1, -0.05) is 32.4 Å². The normalized spacial score (nSPS) is 31.3. The summed E-state index contributed by atoms with van der Waals surface area (Å²) in [5.74, 6) is 2.66. The summed E-state index contributed by atoms with van der Waals surface area (Å²) in [4.78, 5) is 13.7. The topological polar surface area (TPSA) is 84.6 Å². The van der Waals surface area contributed by atoms with E-state index in [4.69, 9.17) is 14.4 Å². The molecule has 1 aromatic rings. The van der Waals surface area contributed by atoms with E-state index in [2.05, 4.69) is 23.5 Å². The number of thioether (sulfide) groups is 1. The van der Waals surface area contributed by atoms with Crippen LogP contribution in [0.25, 0.3) is 0 Å². The molecule has 3 aliphatic rings. The molecule has 0 aliphatic heterocycles. The monoisotopic (exact) mass is 392 g/mol. The molecule has 148 valence electrons. The fraction of sp³-hybridized carbons (Fsp3) is 0.700. The van der Waals surface area contributed by atoms with E-state index in [0.29, 0.717) is 28.6 Å². The van der Waals surface area contributed by atoms with Gasteiger partial charge in [0, 0.05) is 11.3 Å². The molecule has 2 bridgehead atoms. The lowest BCUT2D eigenvalue weighted by atomic mass is 9.68. The maximum absolute atomic E-state index is 13.0. The van der Waals surface area contributed by atoms with Crippen LogP contribution < -0.4 is 10.1 Å². The summed E-state index contributed by atoms with van der Waals surface area (Å²) in [7, 11) is 0. The minimum absolute atomic E-state index is 0.110. The van der Waals surface area contributed by atoms with E-state index in [1.807, 2.05) is 13.8 Å². The molecule has 3 aliphatic carbocycles. The van der Waals surface area contributed by atoms with Crippen molar-refractivity contribution in [1.82, 2.24) is 10.5 Å². The van der Waals surface area contributed by atoms with Crippen LogP contribution in [0.1, 0.15) is 50.6 Å². The Labute approximate surface area is 164 Å². The summed E-state index contributed by atoms with van der Waals surface area (Å²) in [5, 5.41) is 16.4. The van der Waals surface area contributed by atoms with Crippen molar-refractivity contribution in [3.05, 3.63) is 17.4 Å². The number of nitrogens with one attached hydrogen (secondary N) is 1. The SMILES string of the molecule is CC1C=C2CC3C2CC(C1)C3NC(=O)c1onc(OCCO)c1SC(C)C. The van der Waals surface area contributed by atoms with Crippen molar-refractivity contribution in [3.8, 4) is 5.88 Å². The van der Waals surface area contributed by atoms with E-state index < -0.39 is 0 Å². The number of allylic oxidation sites excluding steroid dienone is 2. The lowest BCUT2D eigenvalue weighted by Gasteiger charge is -2.40. The van der Waals surface area contributed by atoms with Crippen LogP contribution in [-0.2, 0) is 0 Å². The smallest absolute Gasteiger partial charge is 0.291 e. The number of hydrogen-bond acceptors (Lipinski definition) is 6. The van der Waals surface area contributed by atoms with Gasteiger partial charge in [-0.2, -0.15) is 0 Å². The summed E-state index contributed by atoms with van der Waals surface area (Å²) < 4.78 is 10.8. The molecule has 0 aromatic carbocycles. The largest absolute Gasteiger partial charge is 0.472 e. The van der Waals surface area contributed by atoms with Crippen LogP contribution in [-0.4, -0.2) is 40.7 Å². The number of rotatable bonds is 7. The van der Waals surface area contributed by atoms with Crippen molar-refractivity contribution in [2.24, 2.45) is 23.7 Å². The summed E-state index contributed by atoms with van der Waals surface area (Å²) in [6.07, 6.45) is 5.90. The highest BCUT2D eigenvalue weighted by Crippen LogP contribution is 2.57. The van der Waals surface area contributed by atoms with Crippen LogP contribution in [0, 0.1) is 23.7 Å². The third-order valence-electron chi connectivity index (χ3n) is 5.97. The highest BCUT2D eigenvalue weighted by molar-refractivity contribution is 8.00.